The van der Waals surface area contributed by atoms with E-state index in [-0.39, 0.29) is 11.9 Å². The third kappa shape index (κ3) is 8.94. The molecule has 0 saturated heterocycles. The summed E-state index contributed by atoms with van der Waals surface area (Å²) in [6, 6.07) is 0. The topological polar surface area (TPSA) is 49.9 Å². The van der Waals surface area contributed by atoms with E-state index in [1.807, 2.05) is 19.0 Å². The van der Waals surface area contributed by atoms with E-state index in [0.29, 0.717) is 31.9 Å². The minimum atomic E-state index is -0.212. The van der Waals surface area contributed by atoms with Gasteiger partial charge in [-0.3, -0.25) is 9.59 Å². The zero-order valence-electron chi connectivity index (χ0n) is 15.2. The van der Waals surface area contributed by atoms with Crippen LogP contribution in [0.25, 0.3) is 0 Å². The minimum absolute atomic E-state index is 0.208. The van der Waals surface area contributed by atoms with Crippen molar-refractivity contribution in [1.29, 1.82) is 0 Å². The van der Waals surface area contributed by atoms with Gasteiger partial charge in [0.2, 0.25) is 5.91 Å². The Balaban J connectivity index is 2.46. The van der Waals surface area contributed by atoms with E-state index >= 15 is 0 Å². The summed E-state index contributed by atoms with van der Waals surface area (Å²) in [4.78, 5) is 28.2. The SMILES string of the molecule is CCOC(=O)CCN(CCCN(C)C)C(=O)CC1CCCCC1. The average Bonchev–Trinajstić information content (AvgIpc) is 2.51. The van der Waals surface area contributed by atoms with Gasteiger partial charge < -0.3 is 14.5 Å². The van der Waals surface area contributed by atoms with E-state index in [4.69, 9.17) is 4.74 Å². The molecule has 0 aromatic heterocycles. The summed E-state index contributed by atoms with van der Waals surface area (Å²) in [5.41, 5.74) is 0. The molecule has 0 spiro atoms. The summed E-state index contributed by atoms with van der Waals surface area (Å²) in [7, 11) is 4.07. The Kier molecular flexibility index (Phi) is 9.92. The highest BCUT2D eigenvalue weighted by molar-refractivity contribution is 5.77. The molecule has 0 N–H and O–H groups in total. The number of carbonyl (C=O) groups excluding carboxylic acids is 2. The lowest BCUT2D eigenvalue weighted by atomic mass is 9.86. The second-order valence-electron chi connectivity index (χ2n) is 6.80. The van der Waals surface area contributed by atoms with Crippen LogP contribution in [0.1, 0.15) is 58.3 Å². The number of esters is 1. The Morgan fingerprint density at radius 1 is 1.04 bits per heavy atom. The highest BCUT2D eigenvalue weighted by Crippen LogP contribution is 2.26. The van der Waals surface area contributed by atoms with E-state index < -0.39 is 0 Å². The summed E-state index contributed by atoms with van der Waals surface area (Å²) in [5.74, 6) is 0.533. The van der Waals surface area contributed by atoms with E-state index in [0.717, 1.165) is 19.5 Å². The molecule has 5 heteroatoms. The van der Waals surface area contributed by atoms with Crippen molar-refractivity contribution in [3.63, 3.8) is 0 Å². The van der Waals surface area contributed by atoms with Gasteiger partial charge >= 0.3 is 5.97 Å². The fraction of sp³-hybridized carbons (Fsp3) is 0.889. The number of amides is 1. The lowest BCUT2D eigenvalue weighted by molar-refractivity contribution is -0.144. The van der Waals surface area contributed by atoms with Gasteiger partial charge in [-0.05, 0) is 52.7 Å². The number of rotatable bonds is 10. The highest BCUT2D eigenvalue weighted by Gasteiger charge is 2.21. The molecule has 23 heavy (non-hydrogen) atoms. The molecule has 1 amide bonds. The van der Waals surface area contributed by atoms with Crippen LogP contribution in [-0.2, 0) is 14.3 Å². The van der Waals surface area contributed by atoms with Crippen LogP contribution in [0.4, 0.5) is 0 Å². The Hall–Kier alpha value is -1.10. The Morgan fingerprint density at radius 3 is 2.35 bits per heavy atom. The number of ether oxygens (including phenoxy) is 1. The molecule has 1 aliphatic carbocycles. The van der Waals surface area contributed by atoms with Crippen molar-refractivity contribution in [3.05, 3.63) is 0 Å². The van der Waals surface area contributed by atoms with Gasteiger partial charge in [-0.2, -0.15) is 0 Å². The largest absolute Gasteiger partial charge is 0.466 e. The fourth-order valence-electron chi connectivity index (χ4n) is 3.17. The molecule has 1 rings (SSSR count). The first-order valence-corrected chi connectivity index (χ1v) is 9.11. The first-order valence-electron chi connectivity index (χ1n) is 9.11. The zero-order chi connectivity index (χ0) is 17.1. The second-order valence-corrected chi connectivity index (χ2v) is 6.80. The third-order valence-corrected chi connectivity index (χ3v) is 4.47. The van der Waals surface area contributed by atoms with Crippen LogP contribution in [0, 0.1) is 5.92 Å². The minimum Gasteiger partial charge on any atom is -0.466 e. The van der Waals surface area contributed by atoms with Crippen molar-refractivity contribution >= 4 is 11.9 Å². The van der Waals surface area contributed by atoms with Gasteiger partial charge in [0.1, 0.15) is 0 Å². The fourth-order valence-corrected chi connectivity index (χ4v) is 3.17. The zero-order valence-corrected chi connectivity index (χ0v) is 15.2. The third-order valence-electron chi connectivity index (χ3n) is 4.47. The smallest absolute Gasteiger partial charge is 0.307 e. The maximum Gasteiger partial charge on any atom is 0.307 e. The second kappa shape index (κ2) is 11.4. The summed E-state index contributed by atoms with van der Waals surface area (Å²) >= 11 is 0. The van der Waals surface area contributed by atoms with Crippen LogP contribution in [-0.4, -0.2) is 62.0 Å². The standard InChI is InChI=1S/C18H34N2O3/c1-4-23-18(22)11-14-20(13-8-12-19(2)3)17(21)15-16-9-6-5-7-10-16/h16H,4-15H2,1-3H3. The van der Waals surface area contributed by atoms with Gasteiger partial charge in [0.05, 0.1) is 13.0 Å². The Morgan fingerprint density at radius 2 is 1.74 bits per heavy atom. The van der Waals surface area contributed by atoms with Crippen LogP contribution in [0.15, 0.2) is 0 Å². The summed E-state index contributed by atoms with van der Waals surface area (Å²) < 4.78 is 4.98. The van der Waals surface area contributed by atoms with Crippen molar-refractivity contribution in [1.82, 2.24) is 9.80 Å². The predicted octanol–water partition coefficient (Wildman–Crippen LogP) is 2.69. The molecule has 5 nitrogen and oxygen atoms in total. The Labute approximate surface area is 141 Å². The molecule has 0 bridgehead atoms. The lowest BCUT2D eigenvalue weighted by Gasteiger charge is -2.27. The lowest BCUT2D eigenvalue weighted by Crippen LogP contribution is -2.36. The molecular formula is C18H34N2O3. The number of hydrogen-bond acceptors (Lipinski definition) is 4. The maximum atomic E-state index is 12.6. The summed E-state index contributed by atoms with van der Waals surface area (Å²) in [6.07, 6.45) is 8.04. The van der Waals surface area contributed by atoms with Crippen LogP contribution < -0.4 is 0 Å². The monoisotopic (exact) mass is 326 g/mol. The van der Waals surface area contributed by atoms with E-state index in [1.165, 1.54) is 32.1 Å². The molecular weight excluding hydrogens is 292 g/mol. The van der Waals surface area contributed by atoms with Crippen molar-refractivity contribution in [2.24, 2.45) is 5.92 Å². The summed E-state index contributed by atoms with van der Waals surface area (Å²) in [5, 5.41) is 0. The van der Waals surface area contributed by atoms with E-state index in [9.17, 15) is 9.59 Å². The molecule has 0 aromatic rings. The number of hydrogen-bond donors (Lipinski definition) is 0. The normalized spacial score (nSPS) is 15.7. The van der Waals surface area contributed by atoms with Crippen LogP contribution >= 0.6 is 0 Å². The molecule has 0 aliphatic heterocycles. The summed E-state index contributed by atoms with van der Waals surface area (Å²) in [6.45, 7) is 4.37. The molecule has 134 valence electrons. The van der Waals surface area contributed by atoms with Gasteiger partial charge in [-0.25, -0.2) is 0 Å². The molecule has 0 aromatic carbocycles. The number of nitrogens with zero attached hydrogens (tertiary/aromatic N) is 2. The molecule has 1 aliphatic rings. The predicted molar refractivity (Wildman–Crippen MR) is 92.2 cm³/mol. The van der Waals surface area contributed by atoms with E-state index in [1.54, 1.807) is 6.92 Å². The van der Waals surface area contributed by atoms with Gasteiger partial charge in [0, 0.05) is 19.5 Å². The molecule has 0 radical (unpaired) electrons. The maximum absolute atomic E-state index is 12.6. The van der Waals surface area contributed by atoms with Gasteiger partial charge in [-0.1, -0.05) is 19.3 Å². The van der Waals surface area contributed by atoms with Gasteiger partial charge in [0.25, 0.3) is 0 Å². The van der Waals surface area contributed by atoms with Crippen molar-refractivity contribution in [2.45, 2.75) is 58.3 Å². The van der Waals surface area contributed by atoms with Crippen LogP contribution in [0.5, 0.6) is 0 Å². The Bertz CT molecular complexity index is 352. The molecule has 0 unspecified atom stereocenters. The van der Waals surface area contributed by atoms with Crippen LogP contribution in [0.2, 0.25) is 0 Å². The quantitative estimate of drug-likeness (QED) is 0.579. The van der Waals surface area contributed by atoms with Gasteiger partial charge in [-0.15, -0.1) is 0 Å². The van der Waals surface area contributed by atoms with Gasteiger partial charge in [0.15, 0.2) is 0 Å². The molecule has 1 saturated carbocycles. The average molecular weight is 326 g/mol. The first kappa shape index (κ1) is 19.9. The van der Waals surface area contributed by atoms with Crippen molar-refractivity contribution < 1.29 is 14.3 Å². The molecule has 1 fully saturated rings. The van der Waals surface area contributed by atoms with E-state index in [2.05, 4.69) is 4.90 Å². The number of carbonyl (C=O) groups is 2. The molecule has 0 heterocycles. The van der Waals surface area contributed by atoms with Crippen molar-refractivity contribution in [3.8, 4) is 0 Å². The van der Waals surface area contributed by atoms with Crippen LogP contribution in [0.3, 0.4) is 0 Å². The van der Waals surface area contributed by atoms with Crippen molar-refractivity contribution in [2.75, 3.05) is 40.3 Å². The highest BCUT2D eigenvalue weighted by atomic mass is 16.5. The molecule has 0 atom stereocenters. The first-order chi connectivity index (χ1) is 11.0.